The summed E-state index contributed by atoms with van der Waals surface area (Å²) in [4.78, 5) is 0. The molecule has 1 aromatic carbocycles. The van der Waals surface area contributed by atoms with Crippen LogP contribution in [0.2, 0.25) is 0 Å². The first-order valence-electron chi connectivity index (χ1n) is 4.03. The molecule has 68 valence electrons. The van der Waals surface area contributed by atoms with Crippen LogP contribution in [0.25, 0.3) is 10.9 Å². The van der Waals surface area contributed by atoms with E-state index < -0.39 is 0 Å². The maximum absolute atomic E-state index is 12.9. The minimum absolute atomic E-state index is 0.254. The first-order valence-corrected chi connectivity index (χ1v) is 4.03. The van der Waals surface area contributed by atoms with E-state index in [4.69, 9.17) is 5.73 Å². The van der Waals surface area contributed by atoms with Crippen LogP contribution in [0.4, 0.5) is 4.39 Å². The zero-order valence-corrected chi connectivity index (χ0v) is 7.29. The predicted molar refractivity (Wildman–Crippen MR) is 48.6 cm³/mol. The highest BCUT2D eigenvalue weighted by atomic mass is 19.1. The van der Waals surface area contributed by atoms with E-state index in [1.165, 1.54) is 12.1 Å². The number of nitrogens with zero attached hydrogens (tertiary/aromatic N) is 2. The van der Waals surface area contributed by atoms with E-state index in [1.54, 1.807) is 17.8 Å². The van der Waals surface area contributed by atoms with Crippen molar-refractivity contribution in [2.75, 3.05) is 0 Å². The lowest BCUT2D eigenvalue weighted by Crippen LogP contribution is -2.04. The van der Waals surface area contributed by atoms with Crippen LogP contribution in [0.3, 0.4) is 0 Å². The molecule has 0 amide bonds. The minimum atomic E-state index is -0.254. The van der Waals surface area contributed by atoms with Crippen molar-refractivity contribution in [2.24, 2.45) is 12.8 Å². The van der Waals surface area contributed by atoms with Crippen LogP contribution >= 0.6 is 0 Å². The van der Waals surface area contributed by atoms with Gasteiger partial charge in [0.15, 0.2) is 0 Å². The summed E-state index contributed by atoms with van der Waals surface area (Å²) < 4.78 is 14.6. The normalized spacial score (nSPS) is 11.0. The number of rotatable bonds is 1. The zero-order chi connectivity index (χ0) is 9.42. The highest BCUT2D eigenvalue weighted by molar-refractivity contribution is 5.81. The van der Waals surface area contributed by atoms with Crippen molar-refractivity contribution in [3.8, 4) is 0 Å². The molecule has 0 unspecified atom stereocenters. The number of fused-ring (bicyclic) bond motifs is 1. The van der Waals surface area contributed by atoms with Gasteiger partial charge in [-0.25, -0.2) is 4.39 Å². The third kappa shape index (κ3) is 1.19. The van der Waals surface area contributed by atoms with Gasteiger partial charge in [-0.1, -0.05) is 0 Å². The Bertz CT molecular complexity index is 447. The highest BCUT2D eigenvalue weighted by Gasteiger charge is 2.07. The van der Waals surface area contributed by atoms with Crippen LogP contribution in [-0.4, -0.2) is 9.78 Å². The second kappa shape index (κ2) is 2.81. The van der Waals surface area contributed by atoms with Gasteiger partial charge in [-0.2, -0.15) is 5.10 Å². The molecule has 0 atom stereocenters. The molecule has 1 aromatic heterocycles. The molecule has 0 bridgehead atoms. The number of aromatic nitrogens is 2. The SMILES string of the molecule is Cn1nc2ccc(F)cc2c1CN. The average Bonchev–Trinajstić information content (AvgIpc) is 2.40. The van der Waals surface area contributed by atoms with Gasteiger partial charge in [-0.15, -0.1) is 0 Å². The molecule has 2 N–H and O–H groups in total. The molecule has 0 aliphatic carbocycles. The quantitative estimate of drug-likeness (QED) is 0.714. The minimum Gasteiger partial charge on any atom is -0.325 e. The lowest BCUT2D eigenvalue weighted by atomic mass is 10.2. The number of hydrogen-bond donors (Lipinski definition) is 1. The van der Waals surface area contributed by atoms with Crippen molar-refractivity contribution in [2.45, 2.75) is 6.54 Å². The smallest absolute Gasteiger partial charge is 0.124 e. The first-order chi connectivity index (χ1) is 6.22. The maximum atomic E-state index is 12.9. The Labute approximate surface area is 75.0 Å². The molecule has 4 heteroatoms. The number of halogens is 1. The third-order valence-electron chi connectivity index (χ3n) is 2.11. The summed E-state index contributed by atoms with van der Waals surface area (Å²) in [6.07, 6.45) is 0. The summed E-state index contributed by atoms with van der Waals surface area (Å²) in [7, 11) is 1.81. The van der Waals surface area contributed by atoms with Crippen LogP contribution in [0.1, 0.15) is 5.69 Å². The Kier molecular flexibility index (Phi) is 1.77. The van der Waals surface area contributed by atoms with Gasteiger partial charge in [0.05, 0.1) is 11.2 Å². The van der Waals surface area contributed by atoms with Crippen LogP contribution in [0.15, 0.2) is 18.2 Å². The summed E-state index contributed by atoms with van der Waals surface area (Å²) in [5.74, 6) is -0.254. The monoisotopic (exact) mass is 179 g/mol. The van der Waals surface area contributed by atoms with E-state index in [0.717, 1.165) is 16.6 Å². The van der Waals surface area contributed by atoms with Crippen molar-refractivity contribution in [1.82, 2.24) is 9.78 Å². The van der Waals surface area contributed by atoms with E-state index in [0.29, 0.717) is 6.54 Å². The van der Waals surface area contributed by atoms with Gasteiger partial charge >= 0.3 is 0 Å². The molecule has 0 aliphatic heterocycles. The van der Waals surface area contributed by atoms with E-state index in [1.807, 2.05) is 0 Å². The number of aryl methyl sites for hydroxylation is 1. The van der Waals surface area contributed by atoms with Crippen LogP contribution < -0.4 is 5.73 Å². The third-order valence-corrected chi connectivity index (χ3v) is 2.11. The fourth-order valence-corrected chi connectivity index (χ4v) is 1.46. The molecular weight excluding hydrogens is 169 g/mol. The summed E-state index contributed by atoms with van der Waals surface area (Å²) in [5, 5.41) is 4.99. The Morgan fingerprint density at radius 3 is 3.00 bits per heavy atom. The lowest BCUT2D eigenvalue weighted by Gasteiger charge is -1.96. The molecule has 1 heterocycles. The Morgan fingerprint density at radius 2 is 2.31 bits per heavy atom. The van der Waals surface area contributed by atoms with E-state index >= 15 is 0 Å². The van der Waals surface area contributed by atoms with Gasteiger partial charge in [0, 0.05) is 19.0 Å². The van der Waals surface area contributed by atoms with Gasteiger partial charge in [0.25, 0.3) is 0 Å². The largest absolute Gasteiger partial charge is 0.325 e. The molecule has 0 saturated heterocycles. The highest BCUT2D eigenvalue weighted by Crippen LogP contribution is 2.18. The Hall–Kier alpha value is -1.42. The Morgan fingerprint density at radius 1 is 1.54 bits per heavy atom. The summed E-state index contributed by atoms with van der Waals surface area (Å²) in [6, 6.07) is 4.52. The lowest BCUT2D eigenvalue weighted by molar-refractivity contribution is 0.629. The molecule has 0 saturated carbocycles. The number of nitrogens with two attached hydrogens (primary N) is 1. The molecule has 13 heavy (non-hydrogen) atoms. The standard InChI is InChI=1S/C9H10FN3/c1-13-9(5-11)7-4-6(10)2-3-8(7)12-13/h2-4H,5,11H2,1H3. The molecule has 0 spiro atoms. The van der Waals surface area contributed by atoms with Gasteiger partial charge in [0.1, 0.15) is 5.82 Å². The summed E-state index contributed by atoms with van der Waals surface area (Å²) in [6.45, 7) is 0.371. The first kappa shape index (κ1) is 8.19. The van der Waals surface area contributed by atoms with E-state index in [-0.39, 0.29) is 5.82 Å². The summed E-state index contributed by atoms with van der Waals surface area (Å²) >= 11 is 0. The van der Waals surface area contributed by atoms with Gasteiger partial charge in [-0.05, 0) is 18.2 Å². The van der Waals surface area contributed by atoms with Crippen molar-refractivity contribution in [3.63, 3.8) is 0 Å². The average molecular weight is 179 g/mol. The summed E-state index contributed by atoms with van der Waals surface area (Å²) in [5.41, 5.74) is 7.17. The molecule has 2 rings (SSSR count). The maximum Gasteiger partial charge on any atom is 0.124 e. The molecule has 0 aliphatic rings. The van der Waals surface area contributed by atoms with Crippen LogP contribution in [0, 0.1) is 5.82 Å². The zero-order valence-electron chi connectivity index (χ0n) is 7.29. The number of hydrogen-bond acceptors (Lipinski definition) is 2. The molecule has 2 aromatic rings. The molecule has 0 radical (unpaired) electrons. The van der Waals surface area contributed by atoms with E-state index in [2.05, 4.69) is 5.10 Å². The van der Waals surface area contributed by atoms with Gasteiger partial charge < -0.3 is 5.73 Å². The van der Waals surface area contributed by atoms with Crippen molar-refractivity contribution in [3.05, 3.63) is 29.7 Å². The van der Waals surface area contributed by atoms with E-state index in [9.17, 15) is 4.39 Å². The van der Waals surface area contributed by atoms with Crippen LogP contribution in [0.5, 0.6) is 0 Å². The second-order valence-corrected chi connectivity index (χ2v) is 2.94. The topological polar surface area (TPSA) is 43.8 Å². The number of benzene rings is 1. The fraction of sp³-hybridized carbons (Fsp3) is 0.222. The molecule has 0 fully saturated rings. The molecular formula is C9H10FN3. The molecule has 3 nitrogen and oxygen atoms in total. The van der Waals surface area contributed by atoms with Crippen molar-refractivity contribution >= 4 is 10.9 Å². The van der Waals surface area contributed by atoms with Gasteiger partial charge in [-0.3, -0.25) is 4.68 Å². The van der Waals surface area contributed by atoms with Crippen molar-refractivity contribution < 1.29 is 4.39 Å². The Balaban J connectivity index is 2.80. The van der Waals surface area contributed by atoms with Crippen molar-refractivity contribution in [1.29, 1.82) is 0 Å². The van der Waals surface area contributed by atoms with Crippen LogP contribution in [-0.2, 0) is 13.6 Å². The van der Waals surface area contributed by atoms with Gasteiger partial charge in [0.2, 0.25) is 0 Å². The second-order valence-electron chi connectivity index (χ2n) is 2.94. The predicted octanol–water partition coefficient (Wildman–Crippen LogP) is 1.17. The fourth-order valence-electron chi connectivity index (χ4n) is 1.46.